The standard InChI is InChI=1S/C16H32N2/c1-3-15-8-6-11-18(13-15)12-10-17-16-9-5-4-7-14(16)2/h14-17H,3-13H2,1-2H3. The van der Waals surface area contributed by atoms with E-state index >= 15 is 0 Å². The van der Waals surface area contributed by atoms with Gasteiger partial charge in [0.1, 0.15) is 0 Å². The first kappa shape index (κ1) is 14.3. The molecule has 0 aromatic carbocycles. The first-order valence-electron chi connectivity index (χ1n) is 8.25. The van der Waals surface area contributed by atoms with Gasteiger partial charge in [0.15, 0.2) is 0 Å². The number of hydrogen-bond donors (Lipinski definition) is 1. The molecule has 0 bridgehead atoms. The van der Waals surface area contributed by atoms with Gasteiger partial charge in [0.05, 0.1) is 0 Å². The number of piperidine rings is 1. The molecule has 1 saturated heterocycles. The Balaban J connectivity index is 1.62. The predicted octanol–water partition coefficient (Wildman–Crippen LogP) is 3.28. The van der Waals surface area contributed by atoms with Gasteiger partial charge in [-0.2, -0.15) is 0 Å². The van der Waals surface area contributed by atoms with Crippen LogP contribution in [0.1, 0.15) is 58.8 Å². The molecule has 2 rings (SSSR count). The number of likely N-dealkylation sites (tertiary alicyclic amines) is 1. The van der Waals surface area contributed by atoms with Crippen LogP contribution < -0.4 is 5.32 Å². The Labute approximate surface area is 114 Å². The van der Waals surface area contributed by atoms with Crippen molar-refractivity contribution in [3.63, 3.8) is 0 Å². The summed E-state index contributed by atoms with van der Waals surface area (Å²) in [6.45, 7) is 9.91. The summed E-state index contributed by atoms with van der Waals surface area (Å²) in [5, 5.41) is 3.81. The summed E-state index contributed by atoms with van der Waals surface area (Å²) >= 11 is 0. The van der Waals surface area contributed by atoms with Gasteiger partial charge in [0, 0.05) is 25.7 Å². The third-order valence-electron chi connectivity index (χ3n) is 5.13. The highest BCUT2D eigenvalue weighted by Crippen LogP contribution is 2.23. The number of hydrogen-bond acceptors (Lipinski definition) is 2. The average Bonchev–Trinajstić information content (AvgIpc) is 2.41. The Hall–Kier alpha value is -0.0800. The van der Waals surface area contributed by atoms with Gasteiger partial charge >= 0.3 is 0 Å². The maximum absolute atomic E-state index is 3.81. The van der Waals surface area contributed by atoms with Crippen LogP contribution in [-0.4, -0.2) is 37.1 Å². The van der Waals surface area contributed by atoms with Gasteiger partial charge in [-0.25, -0.2) is 0 Å². The fourth-order valence-electron chi connectivity index (χ4n) is 3.72. The predicted molar refractivity (Wildman–Crippen MR) is 78.9 cm³/mol. The molecule has 3 unspecified atom stereocenters. The minimum absolute atomic E-state index is 0.797. The van der Waals surface area contributed by atoms with Crippen molar-refractivity contribution in [2.75, 3.05) is 26.2 Å². The van der Waals surface area contributed by atoms with E-state index in [2.05, 4.69) is 24.1 Å². The maximum atomic E-state index is 3.81. The van der Waals surface area contributed by atoms with Crippen LogP contribution in [-0.2, 0) is 0 Å². The van der Waals surface area contributed by atoms with Crippen molar-refractivity contribution in [1.82, 2.24) is 10.2 Å². The van der Waals surface area contributed by atoms with Gasteiger partial charge in [-0.15, -0.1) is 0 Å². The fraction of sp³-hybridized carbons (Fsp3) is 1.00. The zero-order valence-electron chi connectivity index (χ0n) is 12.5. The van der Waals surface area contributed by atoms with E-state index in [9.17, 15) is 0 Å². The number of rotatable bonds is 5. The molecule has 1 aliphatic heterocycles. The van der Waals surface area contributed by atoms with Gasteiger partial charge < -0.3 is 10.2 Å². The molecule has 0 aromatic rings. The van der Waals surface area contributed by atoms with E-state index in [1.807, 2.05) is 0 Å². The molecule has 0 spiro atoms. The van der Waals surface area contributed by atoms with Gasteiger partial charge in [-0.05, 0) is 44.1 Å². The summed E-state index contributed by atoms with van der Waals surface area (Å²) in [7, 11) is 0. The third kappa shape index (κ3) is 4.24. The smallest absolute Gasteiger partial charge is 0.0107 e. The highest BCUT2D eigenvalue weighted by Gasteiger charge is 2.21. The highest BCUT2D eigenvalue weighted by atomic mass is 15.1. The van der Waals surface area contributed by atoms with E-state index < -0.39 is 0 Å². The fourth-order valence-corrected chi connectivity index (χ4v) is 3.72. The molecule has 1 N–H and O–H groups in total. The monoisotopic (exact) mass is 252 g/mol. The molecule has 106 valence electrons. The van der Waals surface area contributed by atoms with Crippen LogP contribution >= 0.6 is 0 Å². The lowest BCUT2D eigenvalue weighted by atomic mass is 9.86. The second-order valence-electron chi connectivity index (χ2n) is 6.54. The molecule has 0 aromatic heterocycles. The van der Waals surface area contributed by atoms with Crippen molar-refractivity contribution < 1.29 is 0 Å². The number of nitrogens with zero attached hydrogens (tertiary/aromatic N) is 1. The molecule has 0 radical (unpaired) electrons. The minimum atomic E-state index is 0.797. The van der Waals surface area contributed by atoms with Crippen molar-refractivity contribution >= 4 is 0 Å². The summed E-state index contributed by atoms with van der Waals surface area (Å²) in [4.78, 5) is 2.68. The van der Waals surface area contributed by atoms with E-state index in [0.29, 0.717) is 0 Å². The first-order valence-corrected chi connectivity index (χ1v) is 8.25. The van der Waals surface area contributed by atoms with E-state index in [-0.39, 0.29) is 0 Å². The van der Waals surface area contributed by atoms with Crippen LogP contribution in [0.3, 0.4) is 0 Å². The van der Waals surface area contributed by atoms with Gasteiger partial charge in [-0.3, -0.25) is 0 Å². The van der Waals surface area contributed by atoms with Crippen LogP contribution in [0.15, 0.2) is 0 Å². The Kier molecular flexibility index (Phi) is 5.97. The van der Waals surface area contributed by atoms with E-state index in [1.54, 1.807) is 0 Å². The van der Waals surface area contributed by atoms with Crippen LogP contribution in [0, 0.1) is 11.8 Å². The molecule has 1 saturated carbocycles. The largest absolute Gasteiger partial charge is 0.312 e. The number of nitrogens with one attached hydrogen (secondary N) is 1. The summed E-state index contributed by atoms with van der Waals surface area (Å²) in [5.41, 5.74) is 0. The lowest BCUT2D eigenvalue weighted by molar-refractivity contribution is 0.166. The first-order chi connectivity index (χ1) is 8.79. The molecule has 1 aliphatic carbocycles. The molecule has 1 heterocycles. The Morgan fingerprint density at radius 3 is 2.72 bits per heavy atom. The zero-order valence-corrected chi connectivity index (χ0v) is 12.5. The second kappa shape index (κ2) is 7.49. The zero-order chi connectivity index (χ0) is 12.8. The quantitative estimate of drug-likeness (QED) is 0.808. The van der Waals surface area contributed by atoms with Crippen LogP contribution in [0.4, 0.5) is 0 Å². The molecule has 2 heteroatoms. The van der Waals surface area contributed by atoms with Gasteiger partial charge in [0.2, 0.25) is 0 Å². The summed E-state index contributed by atoms with van der Waals surface area (Å²) in [6, 6.07) is 0.797. The normalized spacial score (nSPS) is 34.7. The molecular weight excluding hydrogens is 220 g/mol. The summed E-state index contributed by atoms with van der Waals surface area (Å²) < 4.78 is 0. The van der Waals surface area contributed by atoms with Crippen LogP contribution in [0.25, 0.3) is 0 Å². The lowest BCUT2D eigenvalue weighted by Crippen LogP contribution is -2.44. The van der Waals surface area contributed by atoms with Crippen molar-refractivity contribution in [2.45, 2.75) is 64.8 Å². The topological polar surface area (TPSA) is 15.3 Å². The van der Waals surface area contributed by atoms with Gasteiger partial charge in [-0.1, -0.05) is 33.1 Å². The molecule has 2 fully saturated rings. The summed E-state index contributed by atoms with van der Waals surface area (Å²) in [5.74, 6) is 1.86. The molecule has 3 atom stereocenters. The molecule has 2 aliphatic rings. The van der Waals surface area contributed by atoms with E-state index in [0.717, 1.165) is 17.9 Å². The lowest BCUT2D eigenvalue weighted by Gasteiger charge is -2.34. The van der Waals surface area contributed by atoms with E-state index in [1.165, 1.54) is 71.1 Å². The van der Waals surface area contributed by atoms with Crippen molar-refractivity contribution in [2.24, 2.45) is 11.8 Å². The second-order valence-corrected chi connectivity index (χ2v) is 6.54. The summed E-state index contributed by atoms with van der Waals surface area (Å²) in [6.07, 6.45) is 9.95. The Morgan fingerprint density at radius 1 is 1.11 bits per heavy atom. The maximum Gasteiger partial charge on any atom is 0.0107 e. The van der Waals surface area contributed by atoms with Crippen LogP contribution in [0.2, 0.25) is 0 Å². The Morgan fingerprint density at radius 2 is 1.94 bits per heavy atom. The Bertz CT molecular complexity index is 229. The molecule has 18 heavy (non-hydrogen) atoms. The SMILES string of the molecule is CCC1CCCN(CCNC2CCCCC2C)C1. The molecular formula is C16H32N2. The van der Waals surface area contributed by atoms with E-state index in [4.69, 9.17) is 0 Å². The van der Waals surface area contributed by atoms with Crippen molar-refractivity contribution in [1.29, 1.82) is 0 Å². The third-order valence-corrected chi connectivity index (χ3v) is 5.13. The van der Waals surface area contributed by atoms with Crippen molar-refractivity contribution in [3.05, 3.63) is 0 Å². The van der Waals surface area contributed by atoms with Crippen LogP contribution in [0.5, 0.6) is 0 Å². The molecule has 2 nitrogen and oxygen atoms in total. The van der Waals surface area contributed by atoms with Gasteiger partial charge in [0.25, 0.3) is 0 Å². The minimum Gasteiger partial charge on any atom is -0.312 e. The molecule has 0 amide bonds. The average molecular weight is 252 g/mol. The highest BCUT2D eigenvalue weighted by molar-refractivity contribution is 4.79. The van der Waals surface area contributed by atoms with Crippen molar-refractivity contribution in [3.8, 4) is 0 Å².